The minimum Gasteiger partial charge on any atom is -0.434 e. The second kappa shape index (κ2) is 7.75. The standard InChI is InChI=1S/C19H10ClF3N2O5S/c20-11-7-8-12(18-25-17-14(28-18)5-3-9-24-17)15(10-11)30-31(26,27)16-6-2-1-4-13(16)29-19(21,22)23/h1-10H. The molecule has 12 heteroatoms. The van der Waals surface area contributed by atoms with E-state index in [0.717, 1.165) is 12.1 Å². The number of aromatic nitrogens is 2. The Kier molecular flexibility index (Phi) is 5.23. The number of hydrogen-bond acceptors (Lipinski definition) is 7. The van der Waals surface area contributed by atoms with Gasteiger partial charge < -0.3 is 13.3 Å². The Hall–Kier alpha value is -3.31. The lowest BCUT2D eigenvalue weighted by molar-refractivity contribution is -0.275. The van der Waals surface area contributed by atoms with E-state index in [9.17, 15) is 21.6 Å². The maximum absolute atomic E-state index is 12.8. The lowest BCUT2D eigenvalue weighted by atomic mass is 10.2. The van der Waals surface area contributed by atoms with Crippen LogP contribution in [-0.2, 0) is 10.1 Å². The molecule has 0 spiro atoms. The molecule has 0 atom stereocenters. The highest BCUT2D eigenvalue weighted by Gasteiger charge is 2.35. The Bertz CT molecular complexity index is 1340. The molecule has 2 heterocycles. The van der Waals surface area contributed by atoms with Crippen LogP contribution in [0.15, 0.2) is 70.1 Å². The number of rotatable bonds is 5. The van der Waals surface area contributed by atoms with Crippen LogP contribution in [0.5, 0.6) is 11.5 Å². The zero-order chi connectivity index (χ0) is 22.2. The number of pyridine rings is 1. The predicted octanol–water partition coefficient (Wildman–Crippen LogP) is 5.21. The quantitative estimate of drug-likeness (QED) is 0.370. The largest absolute Gasteiger partial charge is 0.573 e. The van der Waals surface area contributed by atoms with Crippen molar-refractivity contribution in [2.75, 3.05) is 0 Å². The van der Waals surface area contributed by atoms with Gasteiger partial charge in [0.05, 0.1) is 5.56 Å². The smallest absolute Gasteiger partial charge is 0.434 e. The highest BCUT2D eigenvalue weighted by atomic mass is 35.5. The van der Waals surface area contributed by atoms with Crippen LogP contribution in [0.4, 0.5) is 13.2 Å². The first-order valence-corrected chi connectivity index (χ1v) is 10.2. The Morgan fingerprint density at radius 2 is 1.77 bits per heavy atom. The van der Waals surface area contributed by atoms with Crippen LogP contribution in [0, 0.1) is 0 Å². The van der Waals surface area contributed by atoms with Crippen molar-refractivity contribution in [3.63, 3.8) is 0 Å². The van der Waals surface area contributed by atoms with Crippen molar-refractivity contribution in [3.05, 3.63) is 65.8 Å². The Labute approximate surface area is 178 Å². The molecule has 160 valence electrons. The van der Waals surface area contributed by atoms with Crippen LogP contribution in [0.25, 0.3) is 22.7 Å². The van der Waals surface area contributed by atoms with Gasteiger partial charge in [-0.3, -0.25) is 0 Å². The molecule has 4 aromatic rings. The van der Waals surface area contributed by atoms with Crippen LogP contribution < -0.4 is 8.92 Å². The lowest BCUT2D eigenvalue weighted by Crippen LogP contribution is -2.20. The van der Waals surface area contributed by atoms with E-state index < -0.39 is 27.1 Å². The van der Waals surface area contributed by atoms with Gasteiger partial charge in [0.25, 0.3) is 0 Å². The summed E-state index contributed by atoms with van der Waals surface area (Å²) >= 11 is 5.96. The summed E-state index contributed by atoms with van der Waals surface area (Å²) in [6.45, 7) is 0. The molecule has 0 bridgehead atoms. The van der Waals surface area contributed by atoms with Gasteiger partial charge in [-0.2, -0.15) is 13.4 Å². The zero-order valence-corrected chi connectivity index (χ0v) is 16.7. The molecule has 0 amide bonds. The molecule has 0 fully saturated rings. The molecule has 2 aromatic carbocycles. The molecular formula is C19H10ClF3N2O5S. The molecule has 0 saturated carbocycles. The van der Waals surface area contributed by atoms with E-state index in [1.165, 1.54) is 36.5 Å². The van der Waals surface area contributed by atoms with E-state index in [-0.39, 0.29) is 27.9 Å². The van der Waals surface area contributed by atoms with Crippen LogP contribution in [-0.4, -0.2) is 24.7 Å². The number of ether oxygens (including phenoxy) is 1. The predicted molar refractivity (Wildman–Crippen MR) is 103 cm³/mol. The number of halogens is 4. The van der Waals surface area contributed by atoms with Crippen molar-refractivity contribution >= 4 is 32.9 Å². The average Bonchev–Trinajstić information content (AvgIpc) is 3.10. The average molecular weight is 471 g/mol. The molecule has 0 saturated heterocycles. The minimum absolute atomic E-state index is 0.0182. The second-order valence-electron chi connectivity index (χ2n) is 6.02. The van der Waals surface area contributed by atoms with Gasteiger partial charge in [0.15, 0.2) is 22.7 Å². The first kappa shape index (κ1) is 20.9. The van der Waals surface area contributed by atoms with Gasteiger partial charge in [-0.1, -0.05) is 23.7 Å². The van der Waals surface area contributed by atoms with Gasteiger partial charge in [-0.15, -0.1) is 13.2 Å². The molecule has 0 aliphatic heterocycles. The molecule has 7 nitrogen and oxygen atoms in total. The van der Waals surface area contributed by atoms with Crippen LogP contribution in [0.3, 0.4) is 0 Å². The van der Waals surface area contributed by atoms with Gasteiger partial charge in [0, 0.05) is 17.3 Å². The topological polar surface area (TPSA) is 91.5 Å². The van der Waals surface area contributed by atoms with Crippen LogP contribution in [0.1, 0.15) is 0 Å². The number of nitrogens with zero attached hydrogens (tertiary/aromatic N) is 2. The van der Waals surface area contributed by atoms with E-state index in [2.05, 4.69) is 14.7 Å². The number of para-hydroxylation sites is 1. The third kappa shape index (κ3) is 4.57. The number of fused-ring (bicyclic) bond motifs is 1. The normalized spacial score (nSPS) is 12.1. The number of alkyl halides is 3. The summed E-state index contributed by atoms with van der Waals surface area (Å²) in [5.41, 5.74) is 0.704. The number of oxazole rings is 1. The van der Waals surface area contributed by atoms with Crippen molar-refractivity contribution in [1.29, 1.82) is 0 Å². The summed E-state index contributed by atoms with van der Waals surface area (Å²) in [6, 6.07) is 11.4. The van der Waals surface area contributed by atoms with Crippen molar-refractivity contribution in [2.24, 2.45) is 0 Å². The van der Waals surface area contributed by atoms with Gasteiger partial charge >= 0.3 is 16.5 Å². The molecule has 0 N–H and O–H groups in total. The van der Waals surface area contributed by atoms with E-state index in [4.69, 9.17) is 20.2 Å². The monoisotopic (exact) mass is 470 g/mol. The summed E-state index contributed by atoms with van der Waals surface area (Å²) < 4.78 is 78.1. The molecule has 0 aliphatic carbocycles. The van der Waals surface area contributed by atoms with Gasteiger partial charge in [0.1, 0.15) is 4.90 Å². The molecule has 4 rings (SSSR count). The summed E-state index contributed by atoms with van der Waals surface area (Å²) in [5, 5.41) is 0.114. The van der Waals surface area contributed by atoms with Crippen LogP contribution in [0.2, 0.25) is 5.02 Å². The highest BCUT2D eigenvalue weighted by Crippen LogP contribution is 2.37. The fourth-order valence-electron chi connectivity index (χ4n) is 2.65. The fraction of sp³-hybridized carbons (Fsp3) is 0.0526. The van der Waals surface area contributed by atoms with E-state index in [0.29, 0.717) is 5.58 Å². The maximum Gasteiger partial charge on any atom is 0.573 e. The van der Waals surface area contributed by atoms with Crippen molar-refractivity contribution in [2.45, 2.75) is 11.3 Å². The molecule has 2 aromatic heterocycles. The summed E-state index contributed by atoms with van der Waals surface area (Å²) in [4.78, 5) is 7.38. The van der Waals surface area contributed by atoms with Gasteiger partial charge in [-0.25, -0.2) is 4.98 Å². The van der Waals surface area contributed by atoms with Crippen molar-refractivity contribution in [1.82, 2.24) is 9.97 Å². The van der Waals surface area contributed by atoms with Crippen molar-refractivity contribution in [3.8, 4) is 23.0 Å². The Morgan fingerprint density at radius 3 is 2.52 bits per heavy atom. The maximum atomic E-state index is 12.8. The SMILES string of the molecule is O=S(=O)(Oc1cc(Cl)ccc1-c1nc2ncccc2o1)c1ccccc1OC(F)(F)F. The Balaban J connectivity index is 1.77. The molecular weight excluding hydrogens is 461 g/mol. The van der Waals surface area contributed by atoms with Gasteiger partial charge in [0.2, 0.25) is 5.89 Å². The van der Waals surface area contributed by atoms with E-state index >= 15 is 0 Å². The third-order valence-electron chi connectivity index (χ3n) is 3.88. The molecule has 0 radical (unpaired) electrons. The fourth-order valence-corrected chi connectivity index (χ4v) is 3.88. The minimum atomic E-state index is -5.10. The second-order valence-corrected chi connectivity index (χ2v) is 7.97. The zero-order valence-electron chi connectivity index (χ0n) is 15.1. The number of hydrogen-bond donors (Lipinski definition) is 0. The first-order chi connectivity index (χ1) is 14.6. The summed E-state index contributed by atoms with van der Waals surface area (Å²) in [7, 11) is -4.76. The highest BCUT2D eigenvalue weighted by molar-refractivity contribution is 7.87. The van der Waals surface area contributed by atoms with Gasteiger partial charge in [-0.05, 0) is 36.4 Å². The first-order valence-electron chi connectivity index (χ1n) is 8.43. The lowest BCUT2D eigenvalue weighted by Gasteiger charge is -2.14. The molecule has 0 aliphatic rings. The summed E-state index contributed by atoms with van der Waals surface area (Å²) in [6.07, 6.45) is -3.60. The third-order valence-corrected chi connectivity index (χ3v) is 5.39. The Morgan fingerprint density at radius 1 is 1.00 bits per heavy atom. The number of benzene rings is 2. The molecule has 31 heavy (non-hydrogen) atoms. The molecule has 0 unspecified atom stereocenters. The van der Waals surface area contributed by atoms with Crippen molar-refractivity contribution < 1.29 is 34.9 Å². The van der Waals surface area contributed by atoms with E-state index in [1.54, 1.807) is 12.1 Å². The van der Waals surface area contributed by atoms with Crippen LogP contribution >= 0.6 is 11.6 Å². The van der Waals surface area contributed by atoms with E-state index in [1.807, 2.05) is 0 Å². The summed E-state index contributed by atoms with van der Waals surface area (Å²) in [5.74, 6) is -1.26.